The Kier molecular flexibility index (Phi) is 7.23. The Morgan fingerprint density at radius 2 is 1.76 bits per heavy atom. The summed E-state index contributed by atoms with van der Waals surface area (Å²) < 4.78 is 30.9. The minimum absolute atomic E-state index is 0.00230. The van der Waals surface area contributed by atoms with E-state index in [0.29, 0.717) is 23.6 Å². The highest BCUT2D eigenvalue weighted by Crippen LogP contribution is 2.35. The van der Waals surface area contributed by atoms with E-state index in [9.17, 15) is 9.46 Å². The van der Waals surface area contributed by atoms with Crippen LogP contribution in [0.1, 0.15) is 5.56 Å². The van der Waals surface area contributed by atoms with Crippen LogP contribution in [0.4, 0.5) is 5.95 Å². The van der Waals surface area contributed by atoms with Crippen molar-refractivity contribution in [2.75, 3.05) is 32.7 Å². The molecule has 4 rings (SSSR count). The van der Waals surface area contributed by atoms with Crippen molar-refractivity contribution in [2.24, 2.45) is 0 Å². The lowest BCUT2D eigenvalue weighted by molar-refractivity contribution is -0.711. The Bertz CT molecular complexity index is 1310. The van der Waals surface area contributed by atoms with Crippen molar-refractivity contribution < 1.29 is 28.0 Å². The monoisotopic (exact) mass is 484 g/mol. The maximum absolute atomic E-state index is 11.2. The molecule has 34 heavy (non-hydrogen) atoms. The van der Waals surface area contributed by atoms with E-state index in [1.165, 1.54) is 7.11 Å². The molecule has 0 aliphatic heterocycles. The molecule has 0 spiro atoms. The second kappa shape index (κ2) is 10.3. The summed E-state index contributed by atoms with van der Waals surface area (Å²) in [5.41, 5.74) is 10.5. The van der Waals surface area contributed by atoms with E-state index < -0.39 is 7.60 Å². The standard InChI is InChI=1S/C23H26N5O5P/c1-31-22-20-21(25-23(24)26-22)28(16-32-12-13-33-34(2,29)30)15-27(20)14-17-8-10-19(11-9-17)18-6-4-3-5-7-18/h3-11,15H,12-14,16H2,1-2H3,(H2-,24,25,26,29,30)/p+1. The Labute approximate surface area is 197 Å². The van der Waals surface area contributed by atoms with Crippen molar-refractivity contribution in [3.05, 3.63) is 66.5 Å². The van der Waals surface area contributed by atoms with Gasteiger partial charge in [-0.15, -0.1) is 0 Å². The topological polar surface area (TPSA) is 126 Å². The zero-order chi connectivity index (χ0) is 24.1. The number of nitrogen functional groups attached to an aromatic ring is 1. The van der Waals surface area contributed by atoms with Crippen molar-refractivity contribution in [3.63, 3.8) is 0 Å². The van der Waals surface area contributed by atoms with Crippen LogP contribution >= 0.6 is 7.60 Å². The first-order valence-electron chi connectivity index (χ1n) is 10.6. The van der Waals surface area contributed by atoms with Crippen LogP contribution in [-0.4, -0.2) is 46.4 Å². The molecule has 0 amide bonds. The fourth-order valence-corrected chi connectivity index (χ4v) is 4.00. The molecule has 3 N–H and O–H groups in total. The van der Waals surface area contributed by atoms with Crippen molar-refractivity contribution >= 4 is 24.7 Å². The van der Waals surface area contributed by atoms with Crippen LogP contribution in [0, 0.1) is 0 Å². The second-order valence-corrected chi connectivity index (χ2v) is 9.58. The van der Waals surface area contributed by atoms with Gasteiger partial charge in [0.1, 0.15) is 0 Å². The number of benzene rings is 2. The molecule has 2 aromatic heterocycles. The first-order chi connectivity index (χ1) is 16.3. The lowest BCUT2D eigenvalue weighted by atomic mass is 10.0. The van der Waals surface area contributed by atoms with Gasteiger partial charge in [-0.1, -0.05) is 59.6 Å². The molecule has 2 heterocycles. The molecule has 0 saturated heterocycles. The Hall–Kier alpha value is -3.30. The molecular formula is C23H27N5O5P+. The van der Waals surface area contributed by atoms with Crippen molar-refractivity contribution in [1.29, 1.82) is 0 Å². The maximum atomic E-state index is 11.2. The molecule has 0 bridgehead atoms. The molecule has 0 saturated carbocycles. The normalized spacial score (nSPS) is 13.1. The number of rotatable bonds is 10. The average molecular weight is 484 g/mol. The van der Waals surface area contributed by atoms with Gasteiger partial charge in [-0.3, -0.25) is 9.13 Å². The molecule has 0 radical (unpaired) electrons. The number of fused-ring (bicyclic) bond motifs is 1. The molecular weight excluding hydrogens is 457 g/mol. The molecule has 11 heteroatoms. The molecule has 0 fully saturated rings. The number of anilines is 1. The van der Waals surface area contributed by atoms with Crippen molar-refractivity contribution in [3.8, 4) is 17.0 Å². The Morgan fingerprint density at radius 1 is 1.06 bits per heavy atom. The van der Waals surface area contributed by atoms with E-state index in [2.05, 4.69) is 46.4 Å². The van der Waals surface area contributed by atoms with Gasteiger partial charge < -0.3 is 24.6 Å². The summed E-state index contributed by atoms with van der Waals surface area (Å²) in [7, 11) is -2.01. The minimum atomic E-state index is -3.54. The third kappa shape index (κ3) is 5.78. The van der Waals surface area contributed by atoms with Crippen LogP contribution in [0.25, 0.3) is 22.3 Å². The second-order valence-electron chi connectivity index (χ2n) is 7.71. The highest BCUT2D eigenvalue weighted by Gasteiger charge is 2.24. The fourth-order valence-electron chi connectivity index (χ4n) is 3.59. The van der Waals surface area contributed by atoms with E-state index in [-0.39, 0.29) is 25.9 Å². The van der Waals surface area contributed by atoms with Gasteiger partial charge in [0, 0.05) is 6.66 Å². The molecule has 10 nitrogen and oxygen atoms in total. The third-order valence-electron chi connectivity index (χ3n) is 5.09. The van der Waals surface area contributed by atoms with Crippen LogP contribution in [0.2, 0.25) is 0 Å². The van der Waals surface area contributed by atoms with Gasteiger partial charge in [0.2, 0.25) is 5.52 Å². The van der Waals surface area contributed by atoms with Gasteiger partial charge in [-0.2, -0.15) is 4.98 Å². The van der Waals surface area contributed by atoms with Crippen molar-refractivity contribution in [2.45, 2.75) is 13.3 Å². The maximum Gasteiger partial charge on any atom is 0.325 e. The number of nitrogens with zero attached hydrogens (tertiary/aromatic N) is 4. The SMILES string of the molecule is COc1nc(N)nc2c1n(Cc1ccc(-c3ccccc3)cc1)c[n+]2COCCOP(C)(=O)O. The average Bonchev–Trinajstić information content (AvgIpc) is 3.15. The number of nitrogens with two attached hydrogens (primary N) is 1. The lowest BCUT2D eigenvalue weighted by Gasteiger charge is -2.06. The van der Waals surface area contributed by atoms with Gasteiger partial charge in [0.25, 0.3) is 5.88 Å². The molecule has 1 unspecified atom stereocenters. The van der Waals surface area contributed by atoms with Crippen LogP contribution in [0.5, 0.6) is 5.88 Å². The number of methoxy groups -OCH3 is 1. The number of hydrogen-bond acceptors (Lipinski definition) is 7. The van der Waals surface area contributed by atoms with Gasteiger partial charge in [0.15, 0.2) is 13.1 Å². The summed E-state index contributed by atoms with van der Waals surface area (Å²) in [5.74, 6) is 0.441. The highest BCUT2D eigenvalue weighted by atomic mass is 31.2. The first-order valence-corrected chi connectivity index (χ1v) is 12.6. The molecule has 0 aliphatic carbocycles. The summed E-state index contributed by atoms with van der Waals surface area (Å²) in [6, 6.07) is 18.5. The Morgan fingerprint density at radius 3 is 2.44 bits per heavy atom. The lowest BCUT2D eigenvalue weighted by Crippen LogP contribution is -2.35. The molecule has 0 aliphatic rings. The quantitative estimate of drug-likeness (QED) is 0.200. The van der Waals surface area contributed by atoms with E-state index in [0.717, 1.165) is 23.4 Å². The summed E-state index contributed by atoms with van der Waals surface area (Å²) in [6.07, 6.45) is 1.85. The predicted molar refractivity (Wildman–Crippen MR) is 127 cm³/mol. The van der Waals surface area contributed by atoms with Crippen molar-refractivity contribution in [1.82, 2.24) is 14.5 Å². The van der Waals surface area contributed by atoms with E-state index in [1.807, 2.05) is 29.1 Å². The predicted octanol–water partition coefficient (Wildman–Crippen LogP) is 2.83. The highest BCUT2D eigenvalue weighted by molar-refractivity contribution is 7.51. The van der Waals surface area contributed by atoms with E-state index >= 15 is 0 Å². The molecule has 178 valence electrons. The number of hydrogen-bond donors (Lipinski definition) is 2. The number of ether oxygens (including phenoxy) is 2. The van der Waals surface area contributed by atoms with E-state index in [4.69, 9.17) is 19.7 Å². The van der Waals surface area contributed by atoms with E-state index in [1.54, 1.807) is 4.57 Å². The Balaban J connectivity index is 1.57. The molecule has 2 aromatic carbocycles. The fraction of sp³-hybridized carbons (Fsp3) is 0.261. The zero-order valence-electron chi connectivity index (χ0n) is 19.0. The van der Waals surface area contributed by atoms with Gasteiger partial charge in [-0.25, -0.2) is 4.57 Å². The summed E-state index contributed by atoms with van der Waals surface area (Å²) >= 11 is 0. The largest absolute Gasteiger partial charge is 0.478 e. The summed E-state index contributed by atoms with van der Waals surface area (Å²) in [4.78, 5) is 17.8. The minimum Gasteiger partial charge on any atom is -0.478 e. The van der Waals surface area contributed by atoms with Crippen LogP contribution in [0.15, 0.2) is 60.9 Å². The third-order valence-corrected chi connectivity index (χ3v) is 5.75. The number of imidazole rings is 1. The van der Waals surface area contributed by atoms with Crippen LogP contribution in [0.3, 0.4) is 0 Å². The van der Waals surface area contributed by atoms with Crippen LogP contribution < -0.4 is 15.0 Å². The summed E-state index contributed by atoms with van der Waals surface area (Å²) in [6.45, 7) is 1.95. The zero-order valence-corrected chi connectivity index (χ0v) is 19.9. The van der Waals surface area contributed by atoms with Crippen LogP contribution in [-0.2, 0) is 27.1 Å². The smallest absolute Gasteiger partial charge is 0.325 e. The summed E-state index contributed by atoms with van der Waals surface area (Å²) in [5, 5.41) is 0. The van der Waals surface area contributed by atoms with Gasteiger partial charge in [0.05, 0.1) is 26.9 Å². The first kappa shape index (κ1) is 23.8. The van der Waals surface area contributed by atoms with Gasteiger partial charge in [-0.05, 0) is 16.7 Å². The number of aromatic nitrogens is 4. The molecule has 4 aromatic rings. The molecule has 1 atom stereocenters. The van der Waals surface area contributed by atoms with Gasteiger partial charge >= 0.3 is 19.2 Å².